The van der Waals surface area contributed by atoms with Gasteiger partial charge in [-0.1, -0.05) is 0 Å². The molecule has 2 rings (SSSR count). The minimum absolute atomic E-state index is 0.0205. The lowest BCUT2D eigenvalue weighted by atomic mass is 9.93. The molecule has 0 saturated carbocycles. The molecule has 0 aliphatic carbocycles. The zero-order chi connectivity index (χ0) is 10.9. The molecule has 4 heteroatoms. The van der Waals surface area contributed by atoms with Crippen LogP contribution in [0.15, 0.2) is 11.9 Å². The lowest BCUT2D eigenvalue weighted by molar-refractivity contribution is 0.0635. The minimum Gasteiger partial charge on any atom is -0.383 e. The highest BCUT2D eigenvalue weighted by Crippen LogP contribution is 2.42. The summed E-state index contributed by atoms with van der Waals surface area (Å²) < 4.78 is 23.2. The van der Waals surface area contributed by atoms with Crippen LogP contribution in [0.2, 0.25) is 0 Å². The van der Waals surface area contributed by atoms with E-state index in [9.17, 15) is 4.39 Å². The van der Waals surface area contributed by atoms with Crippen LogP contribution >= 0.6 is 0 Å². The summed E-state index contributed by atoms with van der Waals surface area (Å²) in [6.07, 6.45) is 2.73. The Kier molecular flexibility index (Phi) is 3.09. The quantitative estimate of drug-likeness (QED) is 0.709. The maximum atomic E-state index is 12.5. The summed E-state index contributed by atoms with van der Waals surface area (Å²) in [5.74, 6) is 0. The molecule has 2 fully saturated rings. The van der Waals surface area contributed by atoms with E-state index in [1.165, 1.54) is 0 Å². The van der Waals surface area contributed by atoms with E-state index < -0.39 is 0 Å². The third-order valence-electron chi connectivity index (χ3n) is 3.55. The summed E-state index contributed by atoms with van der Waals surface area (Å²) in [5, 5.41) is 0. The molecule has 0 bridgehead atoms. The Morgan fingerprint density at radius 3 is 3.00 bits per heavy atom. The van der Waals surface area contributed by atoms with Gasteiger partial charge in [0.1, 0.15) is 0 Å². The van der Waals surface area contributed by atoms with Gasteiger partial charge in [0.05, 0.1) is 24.6 Å². The van der Waals surface area contributed by atoms with Gasteiger partial charge in [0.15, 0.2) is 0 Å². The Labute approximate surface area is 89.8 Å². The molecule has 2 aliphatic heterocycles. The van der Waals surface area contributed by atoms with Gasteiger partial charge >= 0.3 is 0 Å². The van der Waals surface area contributed by atoms with Crippen LogP contribution in [0.4, 0.5) is 4.39 Å². The molecule has 0 aromatic carbocycles. The first-order chi connectivity index (χ1) is 7.24. The Bertz CT molecular complexity index is 269. The van der Waals surface area contributed by atoms with E-state index in [1.54, 1.807) is 14.2 Å². The molecule has 3 nitrogen and oxygen atoms in total. The van der Waals surface area contributed by atoms with Crippen LogP contribution in [0.3, 0.4) is 0 Å². The van der Waals surface area contributed by atoms with Crippen molar-refractivity contribution in [1.82, 2.24) is 4.90 Å². The highest BCUT2D eigenvalue weighted by atomic mass is 19.1. The molecule has 1 unspecified atom stereocenters. The van der Waals surface area contributed by atoms with Gasteiger partial charge in [0, 0.05) is 27.3 Å². The van der Waals surface area contributed by atoms with Gasteiger partial charge in [-0.15, -0.1) is 0 Å². The maximum absolute atomic E-state index is 12.5. The van der Waals surface area contributed by atoms with Crippen LogP contribution in [0.25, 0.3) is 0 Å². The normalized spacial score (nSPS) is 38.9. The third kappa shape index (κ3) is 1.82. The first kappa shape index (κ1) is 11.0. The molecule has 15 heavy (non-hydrogen) atoms. The first-order valence-electron chi connectivity index (χ1n) is 5.29. The van der Waals surface area contributed by atoms with Gasteiger partial charge in [-0.25, -0.2) is 4.39 Å². The fraction of sp³-hybridized carbons (Fsp3) is 0.818. The zero-order valence-corrected chi connectivity index (χ0v) is 9.33. The van der Waals surface area contributed by atoms with Crippen molar-refractivity contribution in [2.75, 3.05) is 33.9 Å². The second-order valence-corrected chi connectivity index (χ2v) is 4.54. The third-order valence-corrected chi connectivity index (χ3v) is 3.55. The predicted molar refractivity (Wildman–Crippen MR) is 55.4 cm³/mol. The smallest absolute Gasteiger partial charge is 0.0872 e. The average molecular weight is 215 g/mol. The van der Waals surface area contributed by atoms with E-state index in [2.05, 4.69) is 4.90 Å². The summed E-state index contributed by atoms with van der Waals surface area (Å²) in [4.78, 5) is 2.29. The van der Waals surface area contributed by atoms with Crippen molar-refractivity contribution < 1.29 is 13.9 Å². The van der Waals surface area contributed by atoms with E-state index in [1.807, 2.05) is 0 Å². The van der Waals surface area contributed by atoms with Crippen molar-refractivity contribution >= 4 is 0 Å². The van der Waals surface area contributed by atoms with Crippen LogP contribution in [0, 0.1) is 0 Å². The second kappa shape index (κ2) is 4.20. The van der Waals surface area contributed by atoms with E-state index in [-0.39, 0.29) is 11.6 Å². The monoisotopic (exact) mass is 215 g/mol. The summed E-state index contributed by atoms with van der Waals surface area (Å²) in [5.41, 5.74) is 0.856. The SMILES string of the molecule is COCC12C/C(=C\F)CN1C[C@@H](OC)C2. The molecule has 0 spiro atoms. The van der Waals surface area contributed by atoms with Gasteiger partial charge in [-0.3, -0.25) is 4.90 Å². The van der Waals surface area contributed by atoms with Crippen LogP contribution in [-0.4, -0.2) is 50.5 Å². The van der Waals surface area contributed by atoms with E-state index >= 15 is 0 Å². The molecule has 0 aromatic heterocycles. The molecule has 0 amide bonds. The summed E-state index contributed by atoms with van der Waals surface area (Å²) >= 11 is 0. The molecular weight excluding hydrogens is 197 g/mol. The molecular formula is C11H18FNO2. The fourth-order valence-corrected chi connectivity index (χ4v) is 2.90. The van der Waals surface area contributed by atoms with Crippen molar-refractivity contribution in [1.29, 1.82) is 0 Å². The first-order valence-corrected chi connectivity index (χ1v) is 5.29. The van der Waals surface area contributed by atoms with Crippen molar-refractivity contribution in [2.24, 2.45) is 0 Å². The van der Waals surface area contributed by atoms with E-state index in [4.69, 9.17) is 9.47 Å². The highest BCUT2D eigenvalue weighted by molar-refractivity contribution is 5.20. The number of hydrogen-bond donors (Lipinski definition) is 0. The lowest BCUT2D eigenvalue weighted by Crippen LogP contribution is -2.42. The largest absolute Gasteiger partial charge is 0.383 e. The van der Waals surface area contributed by atoms with Crippen LogP contribution in [0.1, 0.15) is 12.8 Å². The van der Waals surface area contributed by atoms with Gasteiger partial charge in [-0.2, -0.15) is 0 Å². The highest BCUT2D eigenvalue weighted by Gasteiger charge is 2.50. The topological polar surface area (TPSA) is 21.7 Å². The molecule has 2 atom stereocenters. The van der Waals surface area contributed by atoms with E-state index in [0.29, 0.717) is 6.61 Å². The number of fused-ring (bicyclic) bond motifs is 1. The minimum atomic E-state index is -0.0205. The molecule has 0 aromatic rings. The molecule has 2 saturated heterocycles. The second-order valence-electron chi connectivity index (χ2n) is 4.54. The average Bonchev–Trinajstić information content (AvgIpc) is 2.70. The van der Waals surface area contributed by atoms with Crippen molar-refractivity contribution in [3.8, 4) is 0 Å². The number of methoxy groups -OCH3 is 2. The van der Waals surface area contributed by atoms with Crippen LogP contribution in [0.5, 0.6) is 0 Å². The van der Waals surface area contributed by atoms with Crippen LogP contribution in [-0.2, 0) is 9.47 Å². The summed E-state index contributed by atoms with van der Waals surface area (Å²) in [6, 6.07) is 0. The lowest BCUT2D eigenvalue weighted by Gasteiger charge is -2.30. The number of halogens is 1. The number of ether oxygens (including phenoxy) is 2. The molecule has 2 heterocycles. The maximum Gasteiger partial charge on any atom is 0.0872 e. The Morgan fingerprint density at radius 2 is 2.40 bits per heavy atom. The summed E-state index contributed by atoms with van der Waals surface area (Å²) in [6.45, 7) is 2.26. The fourth-order valence-electron chi connectivity index (χ4n) is 2.90. The predicted octanol–water partition coefficient (Wildman–Crippen LogP) is 1.35. The Morgan fingerprint density at radius 1 is 1.60 bits per heavy atom. The number of nitrogens with zero attached hydrogens (tertiary/aromatic N) is 1. The standard InChI is InChI=1S/C11H18FNO2/c1-14-8-11-3-9(5-12)6-13(11)7-10(4-11)15-2/h5,10H,3-4,6-8H2,1-2H3/b9-5+/t10-,11?/m0/s1. The number of rotatable bonds is 3. The van der Waals surface area contributed by atoms with E-state index in [0.717, 1.165) is 37.8 Å². The zero-order valence-electron chi connectivity index (χ0n) is 9.33. The van der Waals surface area contributed by atoms with Gasteiger partial charge in [-0.05, 0) is 18.4 Å². The molecule has 0 N–H and O–H groups in total. The van der Waals surface area contributed by atoms with Crippen molar-refractivity contribution in [3.63, 3.8) is 0 Å². The Hall–Kier alpha value is -0.450. The van der Waals surface area contributed by atoms with Crippen molar-refractivity contribution in [3.05, 3.63) is 11.9 Å². The van der Waals surface area contributed by atoms with Crippen LogP contribution < -0.4 is 0 Å². The summed E-state index contributed by atoms with van der Waals surface area (Å²) in [7, 11) is 3.43. The van der Waals surface area contributed by atoms with Gasteiger partial charge in [0.2, 0.25) is 0 Å². The van der Waals surface area contributed by atoms with Gasteiger partial charge in [0.25, 0.3) is 0 Å². The molecule has 2 aliphatic rings. The van der Waals surface area contributed by atoms with Gasteiger partial charge < -0.3 is 9.47 Å². The van der Waals surface area contributed by atoms with Crippen molar-refractivity contribution in [2.45, 2.75) is 24.5 Å². The number of hydrogen-bond acceptors (Lipinski definition) is 3. The molecule has 86 valence electrons. The Balaban J connectivity index is 2.14. The molecule has 0 radical (unpaired) electrons.